The first-order valence-electron chi connectivity index (χ1n) is 7.78. The van der Waals surface area contributed by atoms with Gasteiger partial charge in [0.25, 0.3) is 0 Å². The van der Waals surface area contributed by atoms with E-state index >= 15 is 0 Å². The topological polar surface area (TPSA) is 97.0 Å². The summed E-state index contributed by atoms with van der Waals surface area (Å²) in [7, 11) is 0. The van der Waals surface area contributed by atoms with Crippen LogP contribution >= 0.6 is 0 Å². The molecule has 25 heavy (non-hydrogen) atoms. The minimum absolute atomic E-state index is 0.147. The number of phenols is 1. The molecule has 0 aliphatic rings. The van der Waals surface area contributed by atoms with Gasteiger partial charge in [-0.3, -0.25) is 0 Å². The second-order valence-electron chi connectivity index (χ2n) is 5.86. The van der Waals surface area contributed by atoms with Crippen molar-refractivity contribution in [3.8, 4) is 17.0 Å². The molecule has 1 aromatic heterocycles. The Morgan fingerprint density at radius 3 is 2.56 bits per heavy atom. The maximum Gasteiger partial charge on any atom is 0.416 e. The van der Waals surface area contributed by atoms with Gasteiger partial charge in [-0.25, -0.2) is 4.98 Å². The van der Waals surface area contributed by atoms with Gasteiger partial charge in [0.15, 0.2) is 0 Å². The number of nitrogens with one attached hydrogen (secondary N) is 1. The second-order valence-corrected chi connectivity index (χ2v) is 5.86. The number of hydrogen-bond donors (Lipinski definition) is 3. The van der Waals surface area contributed by atoms with Gasteiger partial charge in [0.2, 0.25) is 5.95 Å². The van der Waals surface area contributed by atoms with Crippen molar-refractivity contribution >= 4 is 5.95 Å². The highest BCUT2D eigenvalue weighted by atomic mass is 19.4. The summed E-state index contributed by atoms with van der Waals surface area (Å²) in [6, 6.07) is 2.71. The van der Waals surface area contributed by atoms with Crippen LogP contribution in [0.2, 0.25) is 0 Å². The highest BCUT2D eigenvalue weighted by Gasteiger charge is 2.31. The van der Waals surface area contributed by atoms with Crippen molar-refractivity contribution in [3.05, 3.63) is 29.5 Å². The van der Waals surface area contributed by atoms with Gasteiger partial charge < -0.3 is 16.2 Å². The molecule has 0 aliphatic carbocycles. The van der Waals surface area contributed by atoms with Gasteiger partial charge in [-0.15, -0.1) is 10.2 Å². The first-order chi connectivity index (χ1) is 11.7. The molecule has 136 valence electrons. The fourth-order valence-corrected chi connectivity index (χ4v) is 2.29. The molecule has 0 bridgehead atoms. The number of aromatic hydroxyl groups is 1. The molecule has 0 amide bonds. The van der Waals surface area contributed by atoms with Gasteiger partial charge in [0.1, 0.15) is 11.4 Å². The molecule has 1 atom stereocenters. The second kappa shape index (κ2) is 7.64. The normalized spacial score (nSPS) is 12.9. The molecule has 2 aromatic rings. The monoisotopic (exact) mass is 355 g/mol. The predicted octanol–water partition coefficient (Wildman–Crippen LogP) is 2.97. The third-order valence-corrected chi connectivity index (χ3v) is 3.71. The van der Waals surface area contributed by atoms with Crippen LogP contribution in [0.15, 0.2) is 18.2 Å². The van der Waals surface area contributed by atoms with Crippen molar-refractivity contribution in [2.24, 2.45) is 11.7 Å². The van der Waals surface area contributed by atoms with Crippen LogP contribution in [-0.4, -0.2) is 33.4 Å². The predicted molar refractivity (Wildman–Crippen MR) is 88.0 cm³/mol. The van der Waals surface area contributed by atoms with E-state index in [1.165, 1.54) is 0 Å². The number of halogens is 3. The largest absolute Gasteiger partial charge is 0.507 e. The molecular weight excluding hydrogens is 335 g/mol. The molecule has 0 spiro atoms. The third kappa shape index (κ3) is 4.79. The Balaban J connectivity index is 2.21. The Hall–Kier alpha value is -2.42. The van der Waals surface area contributed by atoms with Gasteiger partial charge >= 0.3 is 6.18 Å². The Kier molecular flexibility index (Phi) is 5.78. The summed E-state index contributed by atoms with van der Waals surface area (Å²) in [5, 5.41) is 20.9. The van der Waals surface area contributed by atoms with Gasteiger partial charge in [-0.2, -0.15) is 13.2 Å². The lowest BCUT2D eigenvalue weighted by molar-refractivity contribution is -0.137. The van der Waals surface area contributed by atoms with Gasteiger partial charge in [0.05, 0.1) is 11.3 Å². The molecule has 1 aromatic carbocycles. The van der Waals surface area contributed by atoms with E-state index in [4.69, 9.17) is 5.73 Å². The molecule has 9 heteroatoms. The zero-order valence-electron chi connectivity index (χ0n) is 13.9. The zero-order chi connectivity index (χ0) is 18.6. The number of rotatable bonds is 6. The number of phenolic OH excluding ortho intramolecular Hbond substituents is 1. The quantitative estimate of drug-likeness (QED) is 0.737. The smallest absolute Gasteiger partial charge is 0.416 e. The van der Waals surface area contributed by atoms with E-state index in [9.17, 15) is 18.3 Å². The van der Waals surface area contributed by atoms with Crippen molar-refractivity contribution in [1.82, 2.24) is 15.2 Å². The van der Waals surface area contributed by atoms with Crippen LogP contribution in [0, 0.1) is 12.8 Å². The summed E-state index contributed by atoms with van der Waals surface area (Å²) in [6.07, 6.45) is -3.67. The number of benzene rings is 1. The maximum absolute atomic E-state index is 12.7. The highest BCUT2D eigenvalue weighted by molar-refractivity contribution is 5.69. The van der Waals surface area contributed by atoms with Crippen LogP contribution < -0.4 is 11.1 Å². The van der Waals surface area contributed by atoms with Gasteiger partial charge in [-0.1, -0.05) is 6.92 Å². The van der Waals surface area contributed by atoms with E-state index in [0.717, 1.165) is 18.6 Å². The molecular formula is C16H20F3N5O. The molecule has 0 unspecified atom stereocenters. The van der Waals surface area contributed by atoms with E-state index in [1.807, 2.05) is 6.92 Å². The zero-order valence-corrected chi connectivity index (χ0v) is 13.9. The molecule has 2 rings (SSSR count). The third-order valence-electron chi connectivity index (χ3n) is 3.71. The summed E-state index contributed by atoms with van der Waals surface area (Å²) >= 11 is 0. The Morgan fingerprint density at radius 2 is 2.00 bits per heavy atom. The van der Waals surface area contributed by atoms with Gasteiger partial charge in [-0.05, 0) is 44.0 Å². The number of alkyl halides is 3. The van der Waals surface area contributed by atoms with Crippen LogP contribution in [0.3, 0.4) is 0 Å². The molecule has 1 heterocycles. The SMILES string of the molecule is Cc1nc(NC[C@H](C)CCN)nnc1-c1ccc(C(F)(F)F)cc1O. The summed E-state index contributed by atoms with van der Waals surface area (Å²) < 4.78 is 38.0. The standard InChI is InChI=1S/C16H20F3N5O/c1-9(5-6-20)8-21-15-22-10(2)14(23-24-15)12-4-3-11(7-13(12)25)16(17,18)19/h3-4,7,9,25H,5-6,8,20H2,1-2H3,(H,21,22,24)/t9-/m1/s1. The fraction of sp³-hybridized carbons (Fsp3) is 0.438. The molecule has 6 nitrogen and oxygen atoms in total. The molecule has 0 aliphatic heterocycles. The highest BCUT2D eigenvalue weighted by Crippen LogP contribution is 2.36. The van der Waals surface area contributed by atoms with Crippen molar-refractivity contribution in [1.29, 1.82) is 0 Å². The molecule has 0 saturated heterocycles. The number of nitrogens with zero attached hydrogens (tertiary/aromatic N) is 3. The van der Waals surface area contributed by atoms with E-state index in [0.29, 0.717) is 36.7 Å². The fourth-order valence-electron chi connectivity index (χ4n) is 2.29. The van der Waals surface area contributed by atoms with E-state index in [-0.39, 0.29) is 11.3 Å². The Labute approximate surface area is 143 Å². The van der Waals surface area contributed by atoms with E-state index in [2.05, 4.69) is 20.5 Å². The van der Waals surface area contributed by atoms with Crippen LogP contribution in [0.5, 0.6) is 5.75 Å². The lowest BCUT2D eigenvalue weighted by Crippen LogP contribution is -2.17. The number of nitrogens with two attached hydrogens (primary N) is 1. The number of anilines is 1. The lowest BCUT2D eigenvalue weighted by Gasteiger charge is -2.13. The summed E-state index contributed by atoms with van der Waals surface area (Å²) in [4.78, 5) is 4.24. The number of aromatic nitrogens is 3. The molecule has 4 N–H and O–H groups in total. The minimum atomic E-state index is -4.52. The van der Waals surface area contributed by atoms with E-state index < -0.39 is 17.5 Å². The lowest BCUT2D eigenvalue weighted by atomic mass is 10.1. The Bertz CT molecular complexity index is 736. The molecule has 0 saturated carbocycles. The summed E-state index contributed by atoms with van der Waals surface area (Å²) in [6.45, 7) is 4.90. The number of aryl methyl sites for hydroxylation is 1. The Morgan fingerprint density at radius 1 is 1.28 bits per heavy atom. The minimum Gasteiger partial charge on any atom is -0.507 e. The molecule has 0 fully saturated rings. The number of hydrogen-bond acceptors (Lipinski definition) is 6. The van der Waals surface area contributed by atoms with Crippen LogP contribution in [0.4, 0.5) is 19.1 Å². The maximum atomic E-state index is 12.7. The van der Waals surface area contributed by atoms with Gasteiger partial charge in [0, 0.05) is 12.1 Å². The first kappa shape index (κ1) is 18.9. The van der Waals surface area contributed by atoms with Crippen LogP contribution in [0.1, 0.15) is 24.6 Å². The van der Waals surface area contributed by atoms with Crippen LogP contribution in [-0.2, 0) is 6.18 Å². The average molecular weight is 355 g/mol. The van der Waals surface area contributed by atoms with E-state index in [1.54, 1.807) is 6.92 Å². The van der Waals surface area contributed by atoms with Crippen molar-refractivity contribution in [2.75, 3.05) is 18.4 Å². The first-order valence-corrected chi connectivity index (χ1v) is 7.78. The van der Waals surface area contributed by atoms with Crippen molar-refractivity contribution in [3.63, 3.8) is 0 Å². The average Bonchev–Trinajstić information content (AvgIpc) is 2.53. The van der Waals surface area contributed by atoms with Crippen molar-refractivity contribution < 1.29 is 18.3 Å². The van der Waals surface area contributed by atoms with Crippen molar-refractivity contribution in [2.45, 2.75) is 26.4 Å². The summed E-state index contributed by atoms with van der Waals surface area (Å²) in [5.74, 6) is 0.135. The molecule has 0 radical (unpaired) electrons. The van der Waals surface area contributed by atoms with Crippen LogP contribution in [0.25, 0.3) is 11.3 Å². The summed E-state index contributed by atoms with van der Waals surface area (Å²) in [5.41, 5.74) is 5.38.